The van der Waals surface area contributed by atoms with E-state index >= 15 is 0 Å². The van der Waals surface area contributed by atoms with Gasteiger partial charge in [-0.25, -0.2) is 0 Å². The number of benzene rings is 2. The van der Waals surface area contributed by atoms with Crippen molar-refractivity contribution >= 4 is 49.4 Å². The van der Waals surface area contributed by atoms with Crippen LogP contribution in [0.25, 0.3) is 0 Å². The van der Waals surface area contributed by atoms with Crippen LogP contribution < -0.4 is 4.74 Å². The van der Waals surface area contributed by atoms with E-state index in [1.165, 1.54) is 0 Å². The molecule has 0 fully saturated rings. The molecule has 2 aromatic carbocycles. The zero-order valence-electron chi connectivity index (χ0n) is 23.1. The molecule has 210 valence electrons. The summed E-state index contributed by atoms with van der Waals surface area (Å²) in [6.45, 7) is 8.25. The Morgan fingerprint density at radius 3 is 1.88 bits per heavy atom. The minimum atomic E-state index is -0.991. The molecule has 1 heterocycles. The molecule has 0 aromatic heterocycles. The third-order valence-electron chi connectivity index (χ3n) is 7.90. The second-order valence-electron chi connectivity index (χ2n) is 12.6. The summed E-state index contributed by atoms with van der Waals surface area (Å²) in [5.74, 6) is -1.00. The number of ether oxygens (including phenoxy) is 1. The Hall–Kier alpha value is -2.71. The molecule has 2 aromatic rings. The first-order chi connectivity index (χ1) is 18.8. The molecule has 0 saturated heterocycles. The third kappa shape index (κ3) is 5.57. The molecule has 40 heavy (non-hydrogen) atoms. The molecule has 0 radical (unpaired) electrons. The molecule has 1 N–H and O–H groups in total. The fourth-order valence-electron chi connectivity index (χ4n) is 6.32. The highest BCUT2D eigenvalue weighted by Crippen LogP contribution is 2.55. The number of ketones is 2. The molecular weight excluding hydrogens is 638 g/mol. The average molecular weight is 671 g/mol. The summed E-state index contributed by atoms with van der Waals surface area (Å²) >= 11 is 7.36. The normalized spacial score (nSPS) is 20.4. The average Bonchev–Trinajstić information content (AvgIpc) is 2.83. The van der Waals surface area contributed by atoms with Crippen LogP contribution in [0, 0.1) is 10.8 Å². The van der Waals surface area contributed by atoms with Crippen LogP contribution in [0.4, 0.5) is 0 Å². The lowest BCUT2D eigenvalue weighted by molar-refractivity contribution is -0.138. The molecule has 0 unspecified atom stereocenters. The van der Waals surface area contributed by atoms with E-state index < -0.39 is 11.9 Å². The number of hydrogen-bond acceptors (Lipinski definition) is 5. The van der Waals surface area contributed by atoms with Gasteiger partial charge in [0, 0.05) is 41.3 Å². The number of carboxylic acid groups (broad SMARTS) is 1. The maximum Gasteiger partial charge on any atom is 0.323 e. The predicted octanol–water partition coefficient (Wildman–Crippen LogP) is 7.56. The lowest BCUT2D eigenvalue weighted by Gasteiger charge is -2.48. The van der Waals surface area contributed by atoms with Gasteiger partial charge in [-0.05, 0) is 78.8 Å². The summed E-state index contributed by atoms with van der Waals surface area (Å²) in [4.78, 5) is 41.5. The maximum absolute atomic E-state index is 13.8. The van der Waals surface area contributed by atoms with Crippen molar-refractivity contribution in [3.05, 3.63) is 85.1 Å². The topological polar surface area (TPSA) is 83.9 Å². The first kappa shape index (κ1) is 28.8. The maximum atomic E-state index is 13.8. The van der Waals surface area contributed by atoms with E-state index in [0.29, 0.717) is 58.1 Å². The van der Waals surface area contributed by atoms with Crippen molar-refractivity contribution < 1.29 is 24.2 Å². The minimum Gasteiger partial charge on any atom is -0.487 e. The molecule has 0 saturated carbocycles. The quantitative estimate of drug-likeness (QED) is 0.342. The van der Waals surface area contributed by atoms with E-state index in [2.05, 4.69) is 31.9 Å². The fourth-order valence-corrected chi connectivity index (χ4v) is 7.77. The molecule has 2 aliphatic carbocycles. The Kier molecular flexibility index (Phi) is 7.64. The Morgan fingerprint density at radius 1 is 0.900 bits per heavy atom. The van der Waals surface area contributed by atoms with Crippen LogP contribution in [0.15, 0.2) is 74.0 Å². The van der Waals surface area contributed by atoms with Crippen LogP contribution in [0.2, 0.25) is 0 Å². The van der Waals surface area contributed by atoms with Gasteiger partial charge in [-0.1, -0.05) is 58.0 Å². The zero-order chi connectivity index (χ0) is 29.0. The molecule has 0 atom stereocenters. The number of halogens is 2. The highest BCUT2D eigenvalue weighted by Gasteiger charge is 2.49. The smallest absolute Gasteiger partial charge is 0.323 e. The summed E-state index contributed by atoms with van der Waals surface area (Å²) < 4.78 is 7.55. The molecule has 0 amide bonds. The molecule has 3 aliphatic rings. The van der Waals surface area contributed by atoms with Crippen molar-refractivity contribution in [2.24, 2.45) is 10.8 Å². The molecule has 5 rings (SSSR count). The number of carbonyl (C=O) groups is 3. The number of aliphatic carboxylic acids is 1. The number of Topliss-reactive ketones (excluding diaryl/α,β-unsaturated/α-hetero) is 2. The largest absolute Gasteiger partial charge is 0.487 e. The second-order valence-corrected chi connectivity index (χ2v) is 14.3. The van der Waals surface area contributed by atoms with Crippen LogP contribution in [-0.4, -0.2) is 34.1 Å². The summed E-state index contributed by atoms with van der Waals surface area (Å²) in [5.41, 5.74) is 3.74. The van der Waals surface area contributed by atoms with Gasteiger partial charge in [0.05, 0.1) is 8.95 Å². The van der Waals surface area contributed by atoms with Gasteiger partial charge in [0.15, 0.2) is 11.6 Å². The molecule has 0 bridgehead atoms. The van der Waals surface area contributed by atoms with E-state index in [9.17, 15) is 19.5 Å². The van der Waals surface area contributed by atoms with E-state index in [4.69, 9.17) is 4.74 Å². The van der Waals surface area contributed by atoms with Gasteiger partial charge in [-0.15, -0.1) is 0 Å². The van der Waals surface area contributed by atoms with Crippen molar-refractivity contribution in [2.75, 3.05) is 6.54 Å². The fraction of sp³-hybridized carbons (Fsp3) is 0.406. The lowest BCUT2D eigenvalue weighted by Crippen LogP contribution is -2.45. The number of hydrogen-bond donors (Lipinski definition) is 1. The van der Waals surface area contributed by atoms with E-state index in [-0.39, 0.29) is 28.9 Å². The van der Waals surface area contributed by atoms with Crippen molar-refractivity contribution in [1.29, 1.82) is 0 Å². The summed E-state index contributed by atoms with van der Waals surface area (Å²) in [6, 6.07) is 13.7. The van der Waals surface area contributed by atoms with Gasteiger partial charge in [-0.3, -0.25) is 14.4 Å². The van der Waals surface area contributed by atoms with Crippen LogP contribution in [0.5, 0.6) is 5.75 Å². The summed E-state index contributed by atoms with van der Waals surface area (Å²) in [7, 11) is 0. The van der Waals surface area contributed by atoms with E-state index in [0.717, 1.165) is 22.5 Å². The number of rotatable bonds is 6. The van der Waals surface area contributed by atoms with Gasteiger partial charge in [0.25, 0.3) is 0 Å². The summed E-state index contributed by atoms with van der Waals surface area (Å²) in [6.07, 6.45) is 1.80. The lowest BCUT2D eigenvalue weighted by atomic mass is 9.63. The first-order valence-electron chi connectivity index (χ1n) is 13.4. The zero-order valence-corrected chi connectivity index (χ0v) is 26.3. The standard InChI is InChI=1S/C32H33Br2NO5/c1-31(2)12-22-28(24(36)14-31)27(29-23(35(22)16-26(38)39)13-32(3,4)15-25(29)37)19-10-20(33)30(21(34)11-19)40-17-18-8-6-5-7-9-18/h5-11,27H,12-17H2,1-4H3,(H,38,39). The van der Waals surface area contributed by atoms with Crippen LogP contribution in [0.3, 0.4) is 0 Å². The minimum absolute atomic E-state index is 0.0347. The first-order valence-corrected chi connectivity index (χ1v) is 15.0. The van der Waals surface area contributed by atoms with Gasteiger partial charge < -0.3 is 14.7 Å². The number of allylic oxidation sites excluding steroid dienone is 4. The molecular formula is C32H33Br2NO5. The molecule has 6 nitrogen and oxygen atoms in total. The monoisotopic (exact) mass is 669 g/mol. The van der Waals surface area contributed by atoms with Gasteiger partial charge >= 0.3 is 5.97 Å². The van der Waals surface area contributed by atoms with E-state index in [1.807, 2.05) is 70.2 Å². The summed E-state index contributed by atoms with van der Waals surface area (Å²) in [5, 5.41) is 9.87. The Bertz CT molecular complexity index is 1390. The van der Waals surface area contributed by atoms with Crippen LogP contribution in [0.1, 0.15) is 70.4 Å². The molecule has 0 spiro atoms. The second kappa shape index (κ2) is 10.6. The Balaban J connectivity index is 1.66. The number of carbonyl (C=O) groups excluding carboxylic acids is 2. The number of carboxylic acids is 1. The van der Waals surface area contributed by atoms with Gasteiger partial charge in [-0.2, -0.15) is 0 Å². The van der Waals surface area contributed by atoms with Gasteiger partial charge in [0.2, 0.25) is 0 Å². The molecule has 8 heteroatoms. The number of nitrogens with zero attached hydrogens (tertiary/aromatic N) is 1. The highest BCUT2D eigenvalue weighted by molar-refractivity contribution is 9.11. The van der Waals surface area contributed by atoms with E-state index in [1.54, 1.807) is 4.90 Å². The van der Waals surface area contributed by atoms with Crippen molar-refractivity contribution in [3.8, 4) is 5.75 Å². The highest BCUT2D eigenvalue weighted by atomic mass is 79.9. The Labute approximate surface area is 251 Å². The van der Waals surface area contributed by atoms with Crippen molar-refractivity contribution in [2.45, 2.75) is 65.9 Å². The van der Waals surface area contributed by atoms with Gasteiger partial charge in [0.1, 0.15) is 18.9 Å². The SMILES string of the molecule is CC1(C)CC(=O)C2=C(C1)N(CC(=O)O)C1=C(C(=O)CC(C)(C)C1)C2c1cc(Br)c(OCc2ccccc2)c(Br)c1. The van der Waals surface area contributed by atoms with Crippen molar-refractivity contribution in [1.82, 2.24) is 4.90 Å². The van der Waals surface area contributed by atoms with Crippen molar-refractivity contribution in [3.63, 3.8) is 0 Å². The molecule has 1 aliphatic heterocycles. The Morgan fingerprint density at radius 2 is 1.40 bits per heavy atom. The van der Waals surface area contributed by atoms with Crippen LogP contribution >= 0.6 is 31.9 Å². The third-order valence-corrected chi connectivity index (χ3v) is 9.07. The van der Waals surface area contributed by atoms with Crippen LogP contribution in [-0.2, 0) is 21.0 Å². The predicted molar refractivity (Wildman–Crippen MR) is 160 cm³/mol.